The molecule has 0 heterocycles. The van der Waals surface area contributed by atoms with Crippen molar-refractivity contribution in [1.82, 2.24) is 0 Å². The van der Waals surface area contributed by atoms with Crippen molar-refractivity contribution in [2.45, 2.75) is 27.2 Å². The van der Waals surface area contributed by atoms with Crippen LogP contribution in [0, 0.1) is 0 Å². The molecule has 0 rings (SSSR count). The van der Waals surface area contributed by atoms with Gasteiger partial charge < -0.3 is 4.74 Å². The lowest BCUT2D eigenvalue weighted by Crippen LogP contribution is -1.90. The largest absolute Gasteiger partial charge is 0.498 e. The minimum atomic E-state index is 0.709. The maximum atomic E-state index is 5.31. The number of aliphatic imine (C=N–C) groups is 1. The summed E-state index contributed by atoms with van der Waals surface area (Å²) in [4.78, 5) is 4.02. The molecule has 0 aromatic carbocycles. The van der Waals surface area contributed by atoms with Gasteiger partial charge in [0.2, 0.25) is 0 Å². The van der Waals surface area contributed by atoms with Gasteiger partial charge in [0, 0.05) is 18.3 Å². The van der Waals surface area contributed by atoms with Gasteiger partial charge >= 0.3 is 0 Å². The lowest BCUT2D eigenvalue weighted by Gasteiger charge is -2.03. The van der Waals surface area contributed by atoms with Crippen molar-refractivity contribution in [2.75, 3.05) is 6.61 Å². The smallest absolute Gasteiger partial charge is 0.0972 e. The second-order valence-electron chi connectivity index (χ2n) is 2.43. The molecule has 68 valence electrons. The second kappa shape index (κ2) is 6.65. The molecule has 0 aliphatic rings. The fraction of sp³-hybridized carbons (Fsp3) is 0.500. The van der Waals surface area contributed by atoms with Gasteiger partial charge in [-0.1, -0.05) is 13.5 Å². The molecule has 0 aromatic heterocycles. The molecule has 0 aliphatic heterocycles. The highest BCUT2D eigenvalue weighted by Gasteiger charge is 1.89. The summed E-state index contributed by atoms with van der Waals surface area (Å²) in [6, 6.07) is 0. The summed E-state index contributed by atoms with van der Waals surface area (Å²) in [6.45, 7) is 10.2. The summed E-state index contributed by atoms with van der Waals surface area (Å²) in [7, 11) is 0. The van der Waals surface area contributed by atoms with Crippen LogP contribution in [0.1, 0.15) is 27.2 Å². The molecule has 0 radical (unpaired) electrons. The van der Waals surface area contributed by atoms with Crippen LogP contribution >= 0.6 is 0 Å². The molecule has 0 atom stereocenters. The molecule has 0 saturated heterocycles. The van der Waals surface area contributed by atoms with Gasteiger partial charge in [-0.25, -0.2) is 0 Å². The van der Waals surface area contributed by atoms with Crippen molar-refractivity contribution in [1.29, 1.82) is 0 Å². The standard InChI is InChI=1S/C10H17NO/c1-5-10(12-6-2)7-8-11-9(3)4/h7-8H,3,5-6H2,1-2,4H3/b10-7+,11-8?. The SMILES string of the molecule is C=C(C)N=C/C=C(\CC)OCC. The Hall–Kier alpha value is -1.05. The number of rotatable bonds is 5. The highest BCUT2D eigenvalue weighted by atomic mass is 16.5. The molecule has 0 bridgehead atoms. The maximum Gasteiger partial charge on any atom is 0.0972 e. The Bertz CT molecular complexity index is 192. The van der Waals surface area contributed by atoms with Crippen molar-refractivity contribution in [3.05, 3.63) is 24.1 Å². The molecule has 0 saturated carbocycles. The van der Waals surface area contributed by atoms with Gasteiger partial charge in [-0.2, -0.15) is 0 Å². The van der Waals surface area contributed by atoms with E-state index in [2.05, 4.69) is 18.5 Å². The third kappa shape index (κ3) is 5.71. The van der Waals surface area contributed by atoms with Gasteiger partial charge in [-0.05, 0) is 19.9 Å². The summed E-state index contributed by atoms with van der Waals surface area (Å²) in [6.07, 6.45) is 4.49. The Balaban J connectivity index is 4.01. The third-order valence-electron chi connectivity index (χ3n) is 1.23. The van der Waals surface area contributed by atoms with E-state index in [1.54, 1.807) is 6.21 Å². The van der Waals surface area contributed by atoms with Crippen molar-refractivity contribution in [3.8, 4) is 0 Å². The first-order valence-corrected chi connectivity index (χ1v) is 4.22. The zero-order chi connectivity index (χ0) is 9.40. The number of ether oxygens (including phenoxy) is 1. The monoisotopic (exact) mass is 167 g/mol. The molecule has 0 aliphatic carbocycles. The number of hydrogen-bond acceptors (Lipinski definition) is 2. The second-order valence-corrected chi connectivity index (χ2v) is 2.43. The minimum absolute atomic E-state index is 0.709. The molecule has 12 heavy (non-hydrogen) atoms. The molecule has 0 amide bonds. The van der Waals surface area contributed by atoms with Gasteiger partial charge in [0.05, 0.1) is 12.4 Å². The topological polar surface area (TPSA) is 21.6 Å². The van der Waals surface area contributed by atoms with E-state index in [0.29, 0.717) is 6.61 Å². The van der Waals surface area contributed by atoms with E-state index < -0.39 is 0 Å². The van der Waals surface area contributed by atoms with Gasteiger partial charge in [-0.3, -0.25) is 4.99 Å². The molecular weight excluding hydrogens is 150 g/mol. The third-order valence-corrected chi connectivity index (χ3v) is 1.23. The lowest BCUT2D eigenvalue weighted by molar-refractivity contribution is 0.222. The molecule has 2 heteroatoms. The van der Waals surface area contributed by atoms with E-state index in [9.17, 15) is 0 Å². The van der Waals surface area contributed by atoms with E-state index >= 15 is 0 Å². The quantitative estimate of drug-likeness (QED) is 0.455. The van der Waals surface area contributed by atoms with Gasteiger partial charge in [0.25, 0.3) is 0 Å². The first kappa shape index (κ1) is 11.0. The summed E-state index contributed by atoms with van der Waals surface area (Å²) in [5, 5.41) is 0. The zero-order valence-electron chi connectivity index (χ0n) is 8.13. The normalized spacial score (nSPS) is 12.1. The van der Waals surface area contributed by atoms with E-state index in [1.165, 1.54) is 0 Å². The van der Waals surface area contributed by atoms with Crippen LogP contribution < -0.4 is 0 Å². The minimum Gasteiger partial charge on any atom is -0.498 e. The Morgan fingerprint density at radius 2 is 2.17 bits per heavy atom. The van der Waals surface area contributed by atoms with E-state index in [4.69, 9.17) is 4.74 Å². The molecule has 0 spiro atoms. The van der Waals surface area contributed by atoms with Gasteiger partial charge in [0.15, 0.2) is 0 Å². The Morgan fingerprint density at radius 1 is 1.50 bits per heavy atom. The Morgan fingerprint density at radius 3 is 2.58 bits per heavy atom. The molecule has 0 unspecified atom stereocenters. The van der Waals surface area contributed by atoms with E-state index in [-0.39, 0.29) is 0 Å². The van der Waals surface area contributed by atoms with Crippen LogP contribution in [0.15, 0.2) is 29.1 Å². The molecule has 0 N–H and O–H groups in total. The van der Waals surface area contributed by atoms with Crippen LogP contribution in [0.3, 0.4) is 0 Å². The Kier molecular flexibility index (Phi) is 6.07. The average Bonchev–Trinajstić information content (AvgIpc) is 2.02. The molecule has 0 aromatic rings. The predicted molar refractivity (Wildman–Crippen MR) is 53.3 cm³/mol. The first-order chi connectivity index (χ1) is 5.70. The van der Waals surface area contributed by atoms with E-state index in [0.717, 1.165) is 17.9 Å². The highest BCUT2D eigenvalue weighted by Crippen LogP contribution is 2.00. The molecular formula is C10H17NO. The highest BCUT2D eigenvalue weighted by molar-refractivity contribution is 5.72. The fourth-order valence-corrected chi connectivity index (χ4v) is 0.701. The average molecular weight is 167 g/mol. The zero-order valence-corrected chi connectivity index (χ0v) is 8.13. The Labute approximate surface area is 74.7 Å². The summed E-state index contributed by atoms with van der Waals surface area (Å²) in [5.74, 6) is 0.961. The van der Waals surface area contributed by atoms with E-state index in [1.807, 2.05) is 19.9 Å². The van der Waals surface area contributed by atoms with Crippen molar-refractivity contribution >= 4 is 6.21 Å². The molecule has 0 fully saturated rings. The van der Waals surface area contributed by atoms with Crippen LogP contribution in [0.4, 0.5) is 0 Å². The summed E-state index contributed by atoms with van der Waals surface area (Å²) < 4.78 is 5.31. The number of hydrogen-bond donors (Lipinski definition) is 0. The van der Waals surface area contributed by atoms with Gasteiger partial charge in [0.1, 0.15) is 0 Å². The number of allylic oxidation sites excluding steroid dienone is 3. The fourth-order valence-electron chi connectivity index (χ4n) is 0.701. The van der Waals surface area contributed by atoms with Crippen molar-refractivity contribution in [3.63, 3.8) is 0 Å². The first-order valence-electron chi connectivity index (χ1n) is 4.22. The summed E-state index contributed by atoms with van der Waals surface area (Å²) >= 11 is 0. The predicted octanol–water partition coefficient (Wildman–Crippen LogP) is 2.92. The maximum absolute atomic E-state index is 5.31. The van der Waals surface area contributed by atoms with Crippen LogP contribution in [0.2, 0.25) is 0 Å². The van der Waals surface area contributed by atoms with Crippen molar-refractivity contribution < 1.29 is 4.74 Å². The van der Waals surface area contributed by atoms with Crippen LogP contribution in [-0.4, -0.2) is 12.8 Å². The van der Waals surface area contributed by atoms with Crippen LogP contribution in [0.25, 0.3) is 0 Å². The lowest BCUT2D eigenvalue weighted by atomic mass is 10.3. The van der Waals surface area contributed by atoms with Crippen LogP contribution in [0.5, 0.6) is 0 Å². The molecule has 2 nitrogen and oxygen atoms in total. The number of nitrogens with zero attached hydrogens (tertiary/aromatic N) is 1. The summed E-state index contributed by atoms with van der Waals surface area (Å²) in [5.41, 5.74) is 0.804. The van der Waals surface area contributed by atoms with Gasteiger partial charge in [-0.15, -0.1) is 0 Å². The van der Waals surface area contributed by atoms with Crippen LogP contribution in [-0.2, 0) is 4.74 Å². The van der Waals surface area contributed by atoms with Crippen molar-refractivity contribution in [2.24, 2.45) is 4.99 Å².